The first-order valence-electron chi connectivity index (χ1n) is 11.6. The zero-order valence-corrected chi connectivity index (χ0v) is 19.3. The van der Waals surface area contributed by atoms with Crippen molar-refractivity contribution < 1.29 is 19.4 Å². The molecule has 0 aromatic carbocycles. The van der Waals surface area contributed by atoms with Gasteiger partial charge in [0, 0.05) is 31.0 Å². The summed E-state index contributed by atoms with van der Waals surface area (Å²) in [5.74, 6) is 0.551. The van der Waals surface area contributed by atoms with Crippen molar-refractivity contribution in [2.75, 3.05) is 25.5 Å². The third kappa shape index (κ3) is 5.10. The van der Waals surface area contributed by atoms with Gasteiger partial charge in [0.2, 0.25) is 11.8 Å². The van der Waals surface area contributed by atoms with Gasteiger partial charge in [-0.05, 0) is 56.2 Å². The second-order valence-corrected chi connectivity index (χ2v) is 9.29. The molecule has 2 aromatic rings. The highest BCUT2D eigenvalue weighted by molar-refractivity contribution is 5.89. The minimum absolute atomic E-state index is 0.0145. The second-order valence-electron chi connectivity index (χ2n) is 9.29. The summed E-state index contributed by atoms with van der Waals surface area (Å²) in [5, 5.41) is 12.8. The van der Waals surface area contributed by atoms with Gasteiger partial charge in [-0.25, -0.2) is 9.97 Å². The van der Waals surface area contributed by atoms with Crippen LogP contribution in [0.1, 0.15) is 61.9 Å². The van der Waals surface area contributed by atoms with E-state index in [4.69, 9.17) is 9.72 Å². The van der Waals surface area contributed by atoms with Crippen molar-refractivity contribution in [3.05, 3.63) is 47.3 Å². The highest BCUT2D eigenvalue weighted by Gasteiger charge is 2.50. The molecule has 0 spiro atoms. The molecule has 4 heterocycles. The number of unbranched alkanes of at least 4 members (excludes halogenated alkanes) is 1. The van der Waals surface area contributed by atoms with Crippen LogP contribution in [0.2, 0.25) is 0 Å². The Morgan fingerprint density at radius 1 is 1.30 bits per heavy atom. The number of carbonyl (C=O) groups is 2. The number of anilines is 1. The lowest BCUT2D eigenvalue weighted by Crippen LogP contribution is -2.61. The summed E-state index contributed by atoms with van der Waals surface area (Å²) in [4.78, 5) is 35.2. The molecular formula is C25H32N4O4. The first-order chi connectivity index (χ1) is 15.9. The Morgan fingerprint density at radius 3 is 2.85 bits per heavy atom. The maximum absolute atomic E-state index is 13.1. The minimum Gasteiger partial charge on any atom is -0.481 e. The Kier molecular flexibility index (Phi) is 6.81. The van der Waals surface area contributed by atoms with Crippen molar-refractivity contribution in [1.29, 1.82) is 0 Å². The number of aromatic nitrogens is 2. The standard InChI is InChI=1S/C25H32N4O4/c1-25(12-4-3-7-19-10-8-17-6-5-13-26-23(17)28-19)16-29(24(25)32)20(14-22(30)31)18-9-11-21(33-2)27-15-18/h8-11,15,20H,3-7,12-14,16H2,1-2H3,(H,26,28)(H,30,31)/t20-,25?/m0/s1. The van der Waals surface area contributed by atoms with Crippen LogP contribution in [0.15, 0.2) is 30.5 Å². The number of rotatable bonds is 10. The van der Waals surface area contributed by atoms with E-state index in [1.807, 2.05) is 6.92 Å². The van der Waals surface area contributed by atoms with Crippen LogP contribution in [0.4, 0.5) is 5.82 Å². The monoisotopic (exact) mass is 452 g/mol. The van der Waals surface area contributed by atoms with Crippen LogP contribution in [-0.2, 0) is 22.4 Å². The third-order valence-electron chi connectivity index (χ3n) is 6.76. The molecule has 2 atom stereocenters. The quantitative estimate of drug-likeness (QED) is 0.419. The predicted octanol–water partition coefficient (Wildman–Crippen LogP) is 3.62. The van der Waals surface area contributed by atoms with Crippen LogP contribution in [0.5, 0.6) is 5.88 Å². The number of carboxylic acids is 1. The molecular weight excluding hydrogens is 420 g/mol. The number of aryl methyl sites for hydroxylation is 2. The summed E-state index contributed by atoms with van der Waals surface area (Å²) >= 11 is 0. The zero-order chi connectivity index (χ0) is 23.4. The van der Waals surface area contributed by atoms with Gasteiger partial charge in [0.25, 0.3) is 0 Å². The van der Waals surface area contributed by atoms with E-state index in [1.165, 1.54) is 12.7 Å². The van der Waals surface area contributed by atoms with E-state index in [0.29, 0.717) is 18.0 Å². The van der Waals surface area contributed by atoms with Crippen molar-refractivity contribution >= 4 is 17.7 Å². The lowest BCUT2D eigenvalue weighted by Gasteiger charge is -2.50. The van der Waals surface area contributed by atoms with Crippen LogP contribution < -0.4 is 10.1 Å². The largest absolute Gasteiger partial charge is 0.481 e. The number of fused-ring (bicyclic) bond motifs is 1. The molecule has 0 saturated carbocycles. The van der Waals surface area contributed by atoms with Crippen LogP contribution in [-0.4, -0.2) is 52.1 Å². The van der Waals surface area contributed by atoms with E-state index in [-0.39, 0.29) is 12.3 Å². The molecule has 33 heavy (non-hydrogen) atoms. The van der Waals surface area contributed by atoms with Crippen molar-refractivity contribution in [2.24, 2.45) is 5.41 Å². The van der Waals surface area contributed by atoms with Gasteiger partial charge in [0.05, 0.1) is 25.0 Å². The van der Waals surface area contributed by atoms with Crippen molar-refractivity contribution in [2.45, 2.75) is 57.9 Å². The minimum atomic E-state index is -0.940. The van der Waals surface area contributed by atoms with Gasteiger partial charge in [-0.15, -0.1) is 0 Å². The highest BCUT2D eigenvalue weighted by atomic mass is 16.5. The number of β-lactam (4-membered cyclic amide) rings is 1. The molecule has 2 aromatic heterocycles. The average Bonchev–Trinajstić information content (AvgIpc) is 2.83. The number of nitrogens with one attached hydrogen (secondary N) is 1. The number of carboxylic acid groups (broad SMARTS) is 1. The number of nitrogens with zero attached hydrogens (tertiary/aromatic N) is 3. The number of pyridine rings is 2. The molecule has 0 radical (unpaired) electrons. The molecule has 1 unspecified atom stereocenters. The number of carbonyl (C=O) groups excluding carboxylic acids is 1. The molecule has 2 aliphatic rings. The summed E-state index contributed by atoms with van der Waals surface area (Å²) in [6, 6.07) is 7.24. The van der Waals surface area contributed by atoms with E-state index in [9.17, 15) is 14.7 Å². The normalized spacial score (nSPS) is 20.4. The number of hydrogen-bond donors (Lipinski definition) is 2. The Morgan fingerprint density at radius 2 is 2.15 bits per heavy atom. The Balaban J connectivity index is 1.31. The van der Waals surface area contributed by atoms with E-state index in [0.717, 1.165) is 56.6 Å². The lowest BCUT2D eigenvalue weighted by atomic mass is 9.74. The Bertz CT molecular complexity index is 1010. The predicted molar refractivity (Wildman–Crippen MR) is 124 cm³/mol. The maximum Gasteiger partial charge on any atom is 0.305 e. The summed E-state index contributed by atoms with van der Waals surface area (Å²) in [6.07, 6.45) is 7.26. The van der Waals surface area contributed by atoms with Gasteiger partial charge >= 0.3 is 5.97 Å². The zero-order valence-electron chi connectivity index (χ0n) is 19.3. The molecule has 1 amide bonds. The fraction of sp³-hybridized carbons (Fsp3) is 0.520. The fourth-order valence-corrected chi connectivity index (χ4v) is 4.82. The smallest absolute Gasteiger partial charge is 0.305 e. The highest BCUT2D eigenvalue weighted by Crippen LogP contribution is 2.43. The van der Waals surface area contributed by atoms with Crippen LogP contribution in [0.25, 0.3) is 0 Å². The summed E-state index contributed by atoms with van der Waals surface area (Å²) in [5.41, 5.74) is 2.64. The van der Waals surface area contributed by atoms with Crippen LogP contribution in [0, 0.1) is 5.41 Å². The fourth-order valence-electron chi connectivity index (χ4n) is 4.82. The van der Waals surface area contributed by atoms with Gasteiger partial charge < -0.3 is 20.1 Å². The number of likely N-dealkylation sites (tertiary alicyclic amines) is 1. The van der Waals surface area contributed by atoms with Crippen molar-refractivity contribution in [3.63, 3.8) is 0 Å². The summed E-state index contributed by atoms with van der Waals surface area (Å²) in [6.45, 7) is 3.52. The van der Waals surface area contributed by atoms with Gasteiger partial charge in [-0.2, -0.15) is 0 Å². The number of aliphatic carboxylic acids is 1. The molecule has 0 bridgehead atoms. The average molecular weight is 453 g/mol. The molecule has 2 N–H and O–H groups in total. The van der Waals surface area contributed by atoms with Gasteiger partial charge in [0.1, 0.15) is 5.82 Å². The van der Waals surface area contributed by atoms with Gasteiger partial charge in [0.15, 0.2) is 0 Å². The summed E-state index contributed by atoms with van der Waals surface area (Å²) in [7, 11) is 1.53. The number of hydrogen-bond acceptors (Lipinski definition) is 6. The number of ether oxygens (including phenoxy) is 1. The van der Waals surface area contributed by atoms with Crippen molar-refractivity contribution in [1.82, 2.24) is 14.9 Å². The Labute approximate surface area is 194 Å². The van der Waals surface area contributed by atoms with Crippen LogP contribution in [0.3, 0.4) is 0 Å². The molecule has 0 aliphatic carbocycles. The molecule has 1 fully saturated rings. The SMILES string of the molecule is COc1ccc([C@H](CC(=O)O)N2CC(C)(CCCCc3ccc4c(n3)NCCC4)C2=O)cn1. The number of amides is 1. The molecule has 4 rings (SSSR count). The molecule has 1 saturated heterocycles. The second kappa shape index (κ2) is 9.77. The van der Waals surface area contributed by atoms with Crippen molar-refractivity contribution in [3.8, 4) is 5.88 Å². The molecule has 8 nitrogen and oxygen atoms in total. The van der Waals surface area contributed by atoms with E-state index < -0.39 is 17.4 Å². The topological polar surface area (TPSA) is 105 Å². The Hall–Kier alpha value is -3.16. The third-order valence-corrected chi connectivity index (χ3v) is 6.76. The van der Waals surface area contributed by atoms with E-state index in [1.54, 1.807) is 23.2 Å². The first-order valence-corrected chi connectivity index (χ1v) is 11.6. The van der Waals surface area contributed by atoms with E-state index in [2.05, 4.69) is 22.4 Å². The van der Waals surface area contributed by atoms with Crippen LogP contribution >= 0.6 is 0 Å². The lowest BCUT2D eigenvalue weighted by molar-refractivity contribution is -0.165. The van der Waals surface area contributed by atoms with Gasteiger partial charge in [-0.1, -0.05) is 18.6 Å². The van der Waals surface area contributed by atoms with Gasteiger partial charge in [-0.3, -0.25) is 9.59 Å². The summed E-state index contributed by atoms with van der Waals surface area (Å²) < 4.78 is 5.08. The first kappa shape index (κ1) is 23.0. The molecule has 8 heteroatoms. The molecule has 2 aliphatic heterocycles. The maximum atomic E-state index is 13.1. The number of methoxy groups -OCH3 is 1. The molecule has 176 valence electrons. The van der Waals surface area contributed by atoms with E-state index >= 15 is 0 Å².